The van der Waals surface area contributed by atoms with E-state index in [0.717, 1.165) is 5.56 Å². The summed E-state index contributed by atoms with van der Waals surface area (Å²) in [6, 6.07) is 15.4. The highest BCUT2D eigenvalue weighted by Gasteiger charge is 2.16. The third-order valence-corrected chi connectivity index (χ3v) is 3.22. The zero-order chi connectivity index (χ0) is 15.2. The van der Waals surface area contributed by atoms with Crippen molar-refractivity contribution < 1.29 is 19.8 Å². The molecule has 2 aromatic carbocycles. The molecule has 0 aliphatic heterocycles. The summed E-state index contributed by atoms with van der Waals surface area (Å²) < 4.78 is 0. The maximum atomic E-state index is 12.0. The molecule has 0 aliphatic rings. The van der Waals surface area contributed by atoms with Crippen LogP contribution < -0.4 is 0 Å². The van der Waals surface area contributed by atoms with E-state index in [2.05, 4.69) is 0 Å². The third kappa shape index (κ3) is 4.26. The molecule has 4 heteroatoms. The number of carbonyl (C=O) groups excluding carboxylic acids is 1. The highest BCUT2D eigenvalue weighted by atomic mass is 16.4. The summed E-state index contributed by atoms with van der Waals surface area (Å²) in [7, 11) is 0. The van der Waals surface area contributed by atoms with E-state index < -0.39 is 12.1 Å². The minimum absolute atomic E-state index is 0.0912. The van der Waals surface area contributed by atoms with E-state index in [1.165, 1.54) is 12.1 Å². The lowest BCUT2D eigenvalue weighted by Gasteiger charge is -2.10. The standard InChI is InChI=1S/C17H16O4/c18-15(10-12-4-2-1-3-5-12)16(19)11-13-6-8-14(9-7-13)17(20)21/h1-9,15,18H,10-11H2,(H,20,21)/t15-/m1/s1. The second kappa shape index (κ2) is 6.81. The molecular weight excluding hydrogens is 268 g/mol. The summed E-state index contributed by atoms with van der Waals surface area (Å²) in [5.74, 6) is -1.28. The van der Waals surface area contributed by atoms with Gasteiger partial charge in [0.1, 0.15) is 6.10 Å². The van der Waals surface area contributed by atoms with E-state index in [9.17, 15) is 14.7 Å². The molecule has 21 heavy (non-hydrogen) atoms. The van der Waals surface area contributed by atoms with Crippen LogP contribution in [0.15, 0.2) is 54.6 Å². The molecule has 2 N–H and O–H groups in total. The molecule has 1 atom stereocenters. The second-order valence-electron chi connectivity index (χ2n) is 4.85. The van der Waals surface area contributed by atoms with Gasteiger partial charge in [0.05, 0.1) is 5.56 Å². The van der Waals surface area contributed by atoms with Crippen molar-refractivity contribution >= 4 is 11.8 Å². The molecule has 0 aliphatic carbocycles. The van der Waals surface area contributed by atoms with Crippen LogP contribution in [0, 0.1) is 0 Å². The summed E-state index contributed by atoms with van der Waals surface area (Å²) in [6.45, 7) is 0. The Kier molecular flexibility index (Phi) is 4.85. The fourth-order valence-electron chi connectivity index (χ4n) is 2.04. The van der Waals surface area contributed by atoms with Crippen LogP contribution in [0.5, 0.6) is 0 Å². The van der Waals surface area contributed by atoms with Crippen LogP contribution in [-0.2, 0) is 17.6 Å². The second-order valence-corrected chi connectivity index (χ2v) is 4.85. The first-order valence-electron chi connectivity index (χ1n) is 6.63. The summed E-state index contributed by atoms with van der Waals surface area (Å²) >= 11 is 0. The maximum Gasteiger partial charge on any atom is 0.335 e. The van der Waals surface area contributed by atoms with Gasteiger partial charge >= 0.3 is 5.97 Å². The smallest absolute Gasteiger partial charge is 0.335 e. The number of aromatic carboxylic acids is 1. The minimum atomic E-state index is -1.05. The fraction of sp³-hybridized carbons (Fsp3) is 0.176. The number of carboxylic acids is 1. The SMILES string of the molecule is O=C(O)c1ccc(CC(=O)[C@H](O)Cc2ccccc2)cc1. The number of hydrogen-bond donors (Lipinski definition) is 2. The first-order chi connectivity index (χ1) is 10.1. The molecule has 0 unspecified atom stereocenters. The van der Waals surface area contributed by atoms with Crippen LogP contribution >= 0.6 is 0 Å². The highest BCUT2D eigenvalue weighted by Crippen LogP contribution is 2.09. The number of rotatable bonds is 6. The molecule has 0 radical (unpaired) electrons. The van der Waals surface area contributed by atoms with Gasteiger partial charge in [0.15, 0.2) is 5.78 Å². The topological polar surface area (TPSA) is 74.6 Å². The summed E-state index contributed by atoms with van der Waals surface area (Å²) in [6.07, 6.45) is -0.674. The van der Waals surface area contributed by atoms with Gasteiger partial charge in [-0.05, 0) is 23.3 Å². The lowest BCUT2D eigenvalue weighted by molar-refractivity contribution is -0.126. The Bertz CT molecular complexity index is 617. The minimum Gasteiger partial charge on any atom is -0.478 e. The fourth-order valence-corrected chi connectivity index (χ4v) is 2.04. The monoisotopic (exact) mass is 284 g/mol. The number of hydrogen-bond acceptors (Lipinski definition) is 3. The molecular formula is C17H16O4. The molecule has 0 saturated heterocycles. The summed E-state index contributed by atoms with van der Waals surface area (Å²) in [5, 5.41) is 18.7. The van der Waals surface area contributed by atoms with Gasteiger partial charge in [-0.3, -0.25) is 4.79 Å². The van der Waals surface area contributed by atoms with Gasteiger partial charge in [0.2, 0.25) is 0 Å². The first kappa shape index (κ1) is 14.9. The van der Waals surface area contributed by atoms with Crippen LogP contribution in [0.4, 0.5) is 0 Å². The lowest BCUT2D eigenvalue weighted by Crippen LogP contribution is -2.24. The van der Waals surface area contributed by atoms with Gasteiger partial charge in [0.25, 0.3) is 0 Å². The molecule has 0 bridgehead atoms. The van der Waals surface area contributed by atoms with Crippen molar-refractivity contribution in [1.29, 1.82) is 0 Å². The van der Waals surface area contributed by atoms with Gasteiger partial charge < -0.3 is 10.2 Å². The van der Waals surface area contributed by atoms with Gasteiger partial charge in [-0.15, -0.1) is 0 Å². The molecule has 0 saturated carbocycles. The highest BCUT2D eigenvalue weighted by molar-refractivity contribution is 5.88. The van der Waals surface area contributed by atoms with Crippen molar-refractivity contribution in [2.45, 2.75) is 18.9 Å². The Balaban J connectivity index is 1.95. The van der Waals surface area contributed by atoms with E-state index in [4.69, 9.17) is 5.11 Å². The Morgan fingerprint density at radius 2 is 1.52 bits per heavy atom. The average Bonchev–Trinajstić information content (AvgIpc) is 2.48. The predicted molar refractivity (Wildman–Crippen MR) is 78.3 cm³/mol. The van der Waals surface area contributed by atoms with Crippen molar-refractivity contribution in [2.75, 3.05) is 0 Å². The molecule has 2 aromatic rings. The van der Waals surface area contributed by atoms with Crippen molar-refractivity contribution in [2.24, 2.45) is 0 Å². The summed E-state index contributed by atoms with van der Waals surface area (Å²) in [4.78, 5) is 22.7. The van der Waals surface area contributed by atoms with E-state index in [1.54, 1.807) is 12.1 Å². The van der Waals surface area contributed by atoms with Crippen molar-refractivity contribution in [3.63, 3.8) is 0 Å². The van der Waals surface area contributed by atoms with E-state index >= 15 is 0 Å². The van der Waals surface area contributed by atoms with E-state index in [-0.39, 0.29) is 24.2 Å². The Morgan fingerprint density at radius 3 is 2.10 bits per heavy atom. The Hall–Kier alpha value is -2.46. The lowest BCUT2D eigenvalue weighted by atomic mass is 9.99. The van der Waals surface area contributed by atoms with Crippen molar-refractivity contribution in [1.82, 2.24) is 0 Å². The number of carboxylic acid groups (broad SMARTS) is 1. The van der Waals surface area contributed by atoms with Gasteiger partial charge in [-0.25, -0.2) is 4.79 Å². The number of aliphatic hydroxyl groups excluding tert-OH is 1. The number of aliphatic hydroxyl groups is 1. The number of ketones is 1. The predicted octanol–water partition coefficient (Wildman–Crippen LogP) is 2.10. The van der Waals surface area contributed by atoms with E-state index in [0.29, 0.717) is 5.56 Å². The quantitative estimate of drug-likeness (QED) is 0.852. The molecule has 0 aromatic heterocycles. The van der Waals surface area contributed by atoms with Crippen LogP contribution in [0.3, 0.4) is 0 Å². The maximum absolute atomic E-state index is 12.0. The first-order valence-corrected chi connectivity index (χ1v) is 6.63. The van der Waals surface area contributed by atoms with Crippen molar-refractivity contribution in [3.05, 3.63) is 71.3 Å². The molecule has 0 spiro atoms. The van der Waals surface area contributed by atoms with Crippen LogP contribution in [0.25, 0.3) is 0 Å². The molecule has 2 rings (SSSR count). The number of benzene rings is 2. The van der Waals surface area contributed by atoms with Gasteiger partial charge in [-0.1, -0.05) is 42.5 Å². The zero-order valence-electron chi connectivity index (χ0n) is 11.4. The van der Waals surface area contributed by atoms with E-state index in [1.807, 2.05) is 30.3 Å². The zero-order valence-corrected chi connectivity index (χ0v) is 11.4. The molecule has 108 valence electrons. The van der Waals surface area contributed by atoms with Crippen LogP contribution in [0.1, 0.15) is 21.5 Å². The largest absolute Gasteiger partial charge is 0.478 e. The van der Waals surface area contributed by atoms with Crippen LogP contribution in [0.2, 0.25) is 0 Å². The van der Waals surface area contributed by atoms with Gasteiger partial charge in [-0.2, -0.15) is 0 Å². The Morgan fingerprint density at radius 1 is 0.905 bits per heavy atom. The normalized spacial score (nSPS) is 11.9. The number of Topliss-reactive ketones (excluding diaryl/α,β-unsaturated/α-hetero) is 1. The average molecular weight is 284 g/mol. The third-order valence-electron chi connectivity index (χ3n) is 3.22. The Labute approximate surface area is 122 Å². The van der Waals surface area contributed by atoms with Gasteiger partial charge in [0, 0.05) is 12.8 Å². The van der Waals surface area contributed by atoms with Crippen LogP contribution in [-0.4, -0.2) is 28.1 Å². The van der Waals surface area contributed by atoms with Crippen molar-refractivity contribution in [3.8, 4) is 0 Å². The number of carbonyl (C=O) groups is 2. The summed E-state index contributed by atoms with van der Waals surface area (Å²) in [5.41, 5.74) is 1.77. The molecule has 0 heterocycles. The molecule has 0 amide bonds. The molecule has 0 fully saturated rings. The molecule has 4 nitrogen and oxygen atoms in total.